The van der Waals surface area contributed by atoms with Gasteiger partial charge in [0.05, 0.1) is 121 Å². The number of carbonyl (C=O) groups is 9. The van der Waals surface area contributed by atoms with Gasteiger partial charge in [0.2, 0.25) is 47.3 Å². The van der Waals surface area contributed by atoms with E-state index in [2.05, 4.69) is 63.5 Å². The number of rotatable bonds is 58. The summed E-state index contributed by atoms with van der Waals surface area (Å²) in [5.41, 5.74) is 5.16. The third kappa shape index (κ3) is 48.6. The van der Waals surface area contributed by atoms with Crippen LogP contribution in [0.1, 0.15) is 106 Å². The van der Waals surface area contributed by atoms with Gasteiger partial charge in [-0.3, -0.25) is 48.5 Å². The molecule has 8 amide bonds. The van der Waals surface area contributed by atoms with Crippen molar-refractivity contribution < 1.29 is 91.5 Å². The molecule has 32 heteroatoms. The quantitative estimate of drug-likeness (QED) is 0.00964. The van der Waals surface area contributed by atoms with Crippen molar-refractivity contribution >= 4 is 64.5 Å². The molecule has 87 heavy (non-hydrogen) atoms. The number of nitrogens with one attached hydrogen (secondary N) is 10. The molecule has 502 valence electrons. The van der Waals surface area contributed by atoms with Crippen molar-refractivity contribution in [1.29, 1.82) is 0 Å². The fourth-order valence-electron chi connectivity index (χ4n) is 6.93. The van der Waals surface area contributed by atoms with E-state index in [1.807, 2.05) is 27.7 Å². The summed E-state index contributed by atoms with van der Waals surface area (Å²) in [5.74, 6) is -2.64. The minimum atomic E-state index is -0.722. The number of primary amides is 1. The van der Waals surface area contributed by atoms with Crippen LogP contribution in [0.4, 0.5) is 0 Å². The third-order valence-corrected chi connectivity index (χ3v) is 12.7. The molecule has 0 aromatic carbocycles. The Hall–Kier alpha value is -6.07. The summed E-state index contributed by atoms with van der Waals surface area (Å²) < 4.78 is 42.4. The average molecular weight is 1250 g/mol. The monoisotopic (exact) mass is 1250 g/mol. The molecule has 0 bridgehead atoms. The van der Waals surface area contributed by atoms with Gasteiger partial charge >= 0.3 is 0 Å². The fraction of sp³-hybridized carbons (Fsp3) is 0.800. The average Bonchev–Trinajstić information content (AvgIpc) is 3.57. The standard InChI is InChI=1S/C55H103N13O19/c1-41(69)36-84-30-26-82-24-20-60-50(74)37-85-31-27-80-22-18-58-47(71)13-10-14-48(72)59-19-23-81-28-32-86-38-51(75)61-21-25-83-29-33-87-39-52(76)63-40-62-45(53(56)77)12-8-9-17-57-46(70)15-11-16-49(73)66-44(34-64-54(4,5)42(2)67-78)35-65-55(6,7)43(3)68-79/h44-45,62,64-65,78-79H,8-40H2,1-7H3,(H2,56,77)(H,57,70)(H,58,71)(H,59,72)(H,60,74)(H,61,75)(H,63,76)(H,66,73)/b67-42-,68-43-/t45-/m0/s1. The number of ether oxygens (including phenoxy) is 8. The Morgan fingerprint density at radius 3 is 1.15 bits per heavy atom. The first-order valence-electron chi connectivity index (χ1n) is 29.4. The predicted molar refractivity (Wildman–Crippen MR) is 319 cm³/mol. The van der Waals surface area contributed by atoms with E-state index < -0.39 is 35.0 Å². The molecular formula is C55H103N13O19. The number of amides is 8. The minimum absolute atomic E-state index is 0.0325. The van der Waals surface area contributed by atoms with Crippen LogP contribution in [-0.2, 0) is 81.0 Å². The number of carbonyl (C=O) groups excluding carboxylic acids is 9. The number of nitrogens with zero attached hydrogens (tertiary/aromatic N) is 2. The highest BCUT2D eigenvalue weighted by atomic mass is 16.5. The van der Waals surface area contributed by atoms with Crippen LogP contribution in [0.3, 0.4) is 0 Å². The molecule has 0 aliphatic rings. The number of ketones is 1. The van der Waals surface area contributed by atoms with E-state index >= 15 is 0 Å². The molecule has 0 aliphatic heterocycles. The largest absolute Gasteiger partial charge is 0.411 e. The second-order valence-corrected chi connectivity index (χ2v) is 20.9. The van der Waals surface area contributed by atoms with Crippen molar-refractivity contribution in [3.05, 3.63) is 0 Å². The lowest BCUT2D eigenvalue weighted by atomic mass is 9.98. The molecule has 0 aliphatic carbocycles. The van der Waals surface area contributed by atoms with E-state index in [0.29, 0.717) is 89.5 Å². The first-order chi connectivity index (χ1) is 41.5. The van der Waals surface area contributed by atoms with Crippen LogP contribution in [0.5, 0.6) is 0 Å². The number of oxime groups is 2. The topological polar surface area (TPSA) is 439 Å². The van der Waals surface area contributed by atoms with Crippen LogP contribution in [0.2, 0.25) is 0 Å². The zero-order valence-corrected chi connectivity index (χ0v) is 52.3. The maximum absolute atomic E-state index is 12.9. The van der Waals surface area contributed by atoms with Crippen molar-refractivity contribution in [3.63, 3.8) is 0 Å². The van der Waals surface area contributed by atoms with Gasteiger partial charge in [-0.15, -0.1) is 0 Å². The van der Waals surface area contributed by atoms with Crippen LogP contribution in [0, 0.1) is 0 Å². The first kappa shape index (κ1) is 80.9. The predicted octanol–water partition coefficient (Wildman–Crippen LogP) is -2.76. The SMILES string of the molecule is CC(=O)COCCOCCNC(=O)COCCOCCNC(=O)CCCC(=O)NCCOCCOCC(=O)NCCOCCOCC(=O)NCN[C@@H](CCCCNC(=O)CCCC(=O)NC(CNC(C)(C)/C(C)=N\O)CNC(C)(C)/C(C)=N\O)C(N)=O. The molecular weight excluding hydrogens is 1150 g/mol. The minimum Gasteiger partial charge on any atom is -0.411 e. The van der Waals surface area contributed by atoms with Crippen LogP contribution >= 0.6 is 0 Å². The highest BCUT2D eigenvalue weighted by Gasteiger charge is 2.27. The zero-order chi connectivity index (χ0) is 65.0. The van der Waals surface area contributed by atoms with Gasteiger partial charge in [0.1, 0.15) is 26.4 Å². The lowest BCUT2D eigenvalue weighted by molar-refractivity contribution is -0.127. The Kier molecular flexibility index (Phi) is 48.3. The summed E-state index contributed by atoms with van der Waals surface area (Å²) in [6.45, 7) is 16.4. The van der Waals surface area contributed by atoms with E-state index in [1.165, 1.54) is 6.92 Å². The van der Waals surface area contributed by atoms with E-state index in [4.69, 9.17) is 43.6 Å². The lowest BCUT2D eigenvalue weighted by Crippen LogP contribution is -2.57. The molecule has 0 saturated carbocycles. The summed E-state index contributed by atoms with van der Waals surface area (Å²) in [7, 11) is 0. The van der Waals surface area contributed by atoms with E-state index in [-0.39, 0.29) is 179 Å². The van der Waals surface area contributed by atoms with E-state index in [1.54, 1.807) is 13.8 Å². The van der Waals surface area contributed by atoms with Gasteiger partial charge in [0.15, 0.2) is 5.78 Å². The second kappa shape index (κ2) is 51.9. The van der Waals surface area contributed by atoms with Crippen molar-refractivity contribution in [2.24, 2.45) is 16.0 Å². The van der Waals surface area contributed by atoms with Gasteiger partial charge < -0.3 is 102 Å². The Morgan fingerprint density at radius 1 is 0.425 bits per heavy atom. The van der Waals surface area contributed by atoms with Gasteiger partial charge in [-0.1, -0.05) is 10.3 Å². The van der Waals surface area contributed by atoms with E-state index in [9.17, 15) is 53.6 Å². The normalized spacial score (nSPS) is 12.3. The molecule has 0 rings (SSSR count). The van der Waals surface area contributed by atoms with Gasteiger partial charge in [-0.2, -0.15) is 0 Å². The molecule has 0 fully saturated rings. The first-order valence-corrected chi connectivity index (χ1v) is 29.4. The van der Waals surface area contributed by atoms with Crippen LogP contribution in [-0.4, -0.2) is 256 Å². The van der Waals surface area contributed by atoms with Crippen molar-refractivity contribution in [2.45, 2.75) is 129 Å². The maximum atomic E-state index is 12.9. The van der Waals surface area contributed by atoms with Crippen molar-refractivity contribution in [2.75, 3.05) is 158 Å². The number of nitrogens with two attached hydrogens (primary N) is 1. The number of unbranched alkanes of at least 4 members (excludes halogenated alkanes) is 1. The van der Waals surface area contributed by atoms with E-state index in [0.717, 1.165) is 0 Å². The Labute approximate surface area is 511 Å². The smallest absolute Gasteiger partial charge is 0.246 e. The van der Waals surface area contributed by atoms with Crippen LogP contribution in [0.15, 0.2) is 10.3 Å². The molecule has 0 spiro atoms. The zero-order valence-electron chi connectivity index (χ0n) is 52.3. The Morgan fingerprint density at radius 2 is 0.770 bits per heavy atom. The molecule has 32 nitrogen and oxygen atoms in total. The molecule has 0 aromatic heterocycles. The number of Topliss-reactive ketones (excluding diaryl/α,β-unsaturated/α-hetero) is 1. The summed E-state index contributed by atoms with van der Waals surface area (Å²) in [6, 6.07) is -1.12. The lowest BCUT2D eigenvalue weighted by Gasteiger charge is -2.32. The molecule has 0 heterocycles. The number of hydrogen-bond donors (Lipinski definition) is 13. The maximum Gasteiger partial charge on any atom is 0.246 e. The summed E-state index contributed by atoms with van der Waals surface area (Å²) in [5, 5.41) is 53.7. The summed E-state index contributed by atoms with van der Waals surface area (Å²) in [4.78, 5) is 108. The molecule has 1 atom stereocenters. The fourth-order valence-corrected chi connectivity index (χ4v) is 6.93. The molecule has 14 N–H and O–H groups in total. The molecule has 0 radical (unpaired) electrons. The van der Waals surface area contributed by atoms with Gasteiger partial charge in [-0.25, -0.2) is 0 Å². The number of hydrogen-bond acceptors (Lipinski definition) is 24. The Bertz CT molecular complexity index is 2000. The van der Waals surface area contributed by atoms with Crippen molar-refractivity contribution in [3.8, 4) is 0 Å². The second-order valence-electron chi connectivity index (χ2n) is 20.9. The molecule has 0 aromatic rings. The van der Waals surface area contributed by atoms with Crippen molar-refractivity contribution in [1.82, 2.24) is 53.2 Å². The Balaban J connectivity index is 3.89. The van der Waals surface area contributed by atoms with Crippen LogP contribution in [0.25, 0.3) is 0 Å². The van der Waals surface area contributed by atoms with Gasteiger partial charge in [-0.05, 0) is 80.6 Å². The third-order valence-electron chi connectivity index (χ3n) is 12.7. The highest BCUT2D eigenvalue weighted by molar-refractivity contribution is 5.90. The van der Waals surface area contributed by atoms with Crippen LogP contribution < -0.4 is 58.9 Å². The molecule has 0 saturated heterocycles. The molecule has 0 unspecified atom stereocenters. The van der Waals surface area contributed by atoms with Gasteiger partial charge in [0, 0.05) is 71.5 Å². The highest BCUT2D eigenvalue weighted by Crippen LogP contribution is 2.09. The summed E-state index contributed by atoms with van der Waals surface area (Å²) >= 11 is 0. The van der Waals surface area contributed by atoms with Gasteiger partial charge in [0.25, 0.3) is 0 Å². The summed E-state index contributed by atoms with van der Waals surface area (Å²) in [6.07, 6.45) is 2.73.